The van der Waals surface area contributed by atoms with Crippen molar-refractivity contribution in [3.8, 4) is 5.69 Å². The van der Waals surface area contributed by atoms with Crippen LogP contribution in [-0.4, -0.2) is 29.8 Å². The van der Waals surface area contributed by atoms with E-state index in [1.807, 2.05) is 0 Å². The van der Waals surface area contributed by atoms with Crippen molar-refractivity contribution in [2.75, 3.05) is 0 Å². The van der Waals surface area contributed by atoms with Gasteiger partial charge in [0.25, 0.3) is 0 Å². The quantitative estimate of drug-likeness (QED) is 0.729. The van der Waals surface area contributed by atoms with E-state index >= 15 is 0 Å². The monoisotopic (exact) mass is 364 g/mol. The van der Waals surface area contributed by atoms with Gasteiger partial charge in [-0.15, -0.1) is 5.10 Å². The number of aromatic nitrogens is 4. The highest BCUT2D eigenvalue weighted by atomic mass is 79.9. The zero-order chi connectivity index (χ0) is 15.9. The number of aliphatic carboxylic acids is 1. The molecule has 8 nitrogen and oxygen atoms in total. The maximum atomic E-state index is 12.4. The summed E-state index contributed by atoms with van der Waals surface area (Å²) in [6.07, 6.45) is 2.82. The molecule has 3 aromatic rings. The lowest BCUT2D eigenvalue weighted by Gasteiger charge is -2.05. The minimum Gasteiger partial charge on any atom is -0.480 e. The van der Waals surface area contributed by atoms with Crippen LogP contribution in [-0.2, 0) is 11.3 Å². The van der Waals surface area contributed by atoms with Gasteiger partial charge in [-0.3, -0.25) is 14.2 Å². The summed E-state index contributed by atoms with van der Waals surface area (Å²) in [5.41, 5.74) is -0.698. The summed E-state index contributed by atoms with van der Waals surface area (Å²) in [5, 5.41) is 12.5. The zero-order valence-electron chi connectivity index (χ0n) is 11.0. The Hall–Kier alpha value is -2.68. The third-order valence-electron chi connectivity index (χ3n) is 3.04. The number of rotatable bonds is 3. The minimum absolute atomic E-state index is 0.128. The van der Waals surface area contributed by atoms with Crippen molar-refractivity contribution >= 4 is 27.5 Å². The molecule has 0 aliphatic heterocycles. The SMILES string of the molecule is O=C(O)Cn1nc2c(=O)n(-c3ccc(Br)cc3)ccn2c1=O. The van der Waals surface area contributed by atoms with Crippen molar-refractivity contribution < 1.29 is 9.90 Å². The van der Waals surface area contributed by atoms with E-state index in [0.717, 1.165) is 13.6 Å². The molecular weight excluding hydrogens is 356 g/mol. The second kappa shape index (κ2) is 5.26. The summed E-state index contributed by atoms with van der Waals surface area (Å²) in [7, 11) is 0. The molecule has 0 spiro atoms. The van der Waals surface area contributed by atoms with Crippen LogP contribution in [0.5, 0.6) is 0 Å². The van der Waals surface area contributed by atoms with Crippen LogP contribution in [0.1, 0.15) is 0 Å². The van der Waals surface area contributed by atoms with Gasteiger partial charge in [-0.1, -0.05) is 15.9 Å². The van der Waals surface area contributed by atoms with Crippen molar-refractivity contribution in [3.63, 3.8) is 0 Å². The predicted molar refractivity (Wildman–Crippen MR) is 80.4 cm³/mol. The molecule has 1 aromatic carbocycles. The first kappa shape index (κ1) is 14.3. The van der Waals surface area contributed by atoms with E-state index in [2.05, 4.69) is 21.0 Å². The minimum atomic E-state index is -1.21. The van der Waals surface area contributed by atoms with Gasteiger partial charge in [0.05, 0.1) is 0 Å². The number of hydrogen-bond acceptors (Lipinski definition) is 4. The van der Waals surface area contributed by atoms with Crippen LogP contribution < -0.4 is 11.2 Å². The molecule has 0 aliphatic carbocycles. The first-order valence-corrected chi connectivity index (χ1v) is 6.95. The highest BCUT2D eigenvalue weighted by Gasteiger charge is 2.14. The molecule has 0 amide bonds. The van der Waals surface area contributed by atoms with Crippen LogP contribution in [0.3, 0.4) is 0 Å². The fourth-order valence-electron chi connectivity index (χ4n) is 2.05. The van der Waals surface area contributed by atoms with Crippen LogP contribution in [0.4, 0.5) is 0 Å². The number of carboxylic acids is 1. The lowest BCUT2D eigenvalue weighted by Crippen LogP contribution is -2.25. The molecule has 9 heteroatoms. The van der Waals surface area contributed by atoms with Crippen LogP contribution in [0.15, 0.2) is 50.7 Å². The Balaban J connectivity index is 2.22. The Morgan fingerprint density at radius 2 is 1.86 bits per heavy atom. The average molecular weight is 365 g/mol. The Labute approximate surface area is 131 Å². The van der Waals surface area contributed by atoms with E-state index in [1.165, 1.54) is 17.0 Å². The summed E-state index contributed by atoms with van der Waals surface area (Å²) < 4.78 is 3.97. The summed E-state index contributed by atoms with van der Waals surface area (Å²) in [6, 6.07) is 7.02. The van der Waals surface area contributed by atoms with E-state index in [1.54, 1.807) is 24.3 Å². The van der Waals surface area contributed by atoms with Crippen molar-refractivity contribution in [2.45, 2.75) is 6.54 Å². The van der Waals surface area contributed by atoms with Gasteiger partial charge in [0, 0.05) is 22.6 Å². The number of nitrogens with zero attached hydrogens (tertiary/aromatic N) is 4. The van der Waals surface area contributed by atoms with E-state index in [-0.39, 0.29) is 5.65 Å². The highest BCUT2D eigenvalue weighted by molar-refractivity contribution is 9.10. The second-order valence-corrected chi connectivity index (χ2v) is 5.39. The predicted octanol–water partition coefficient (Wildman–Crippen LogP) is 0.494. The maximum Gasteiger partial charge on any atom is 0.351 e. The summed E-state index contributed by atoms with van der Waals surface area (Å²) in [4.78, 5) is 35.1. The summed E-state index contributed by atoms with van der Waals surface area (Å²) in [5.74, 6) is -1.21. The Morgan fingerprint density at radius 3 is 2.50 bits per heavy atom. The molecule has 0 fully saturated rings. The normalized spacial score (nSPS) is 11.0. The van der Waals surface area contributed by atoms with Gasteiger partial charge in [0.2, 0.25) is 5.65 Å². The van der Waals surface area contributed by atoms with Crippen molar-refractivity contribution in [1.29, 1.82) is 0 Å². The van der Waals surface area contributed by atoms with Crippen LogP contribution >= 0.6 is 15.9 Å². The Morgan fingerprint density at radius 1 is 1.18 bits per heavy atom. The van der Waals surface area contributed by atoms with Gasteiger partial charge in [-0.05, 0) is 24.3 Å². The first-order valence-electron chi connectivity index (χ1n) is 6.16. The Bertz CT molecular complexity index is 984. The zero-order valence-corrected chi connectivity index (χ0v) is 12.6. The molecule has 3 rings (SSSR count). The van der Waals surface area contributed by atoms with Gasteiger partial charge < -0.3 is 5.11 Å². The first-order chi connectivity index (χ1) is 10.5. The number of hydrogen-bond donors (Lipinski definition) is 1. The number of halogens is 1. The molecule has 1 N–H and O–H groups in total. The van der Waals surface area contributed by atoms with Crippen LogP contribution in [0, 0.1) is 0 Å². The van der Waals surface area contributed by atoms with Gasteiger partial charge in [0.15, 0.2) is 0 Å². The molecule has 112 valence electrons. The third-order valence-corrected chi connectivity index (χ3v) is 3.56. The van der Waals surface area contributed by atoms with E-state index in [9.17, 15) is 14.4 Å². The van der Waals surface area contributed by atoms with Crippen LogP contribution in [0.25, 0.3) is 11.3 Å². The van der Waals surface area contributed by atoms with Crippen molar-refractivity contribution in [1.82, 2.24) is 18.7 Å². The fraction of sp³-hybridized carbons (Fsp3) is 0.0769. The van der Waals surface area contributed by atoms with E-state index in [0.29, 0.717) is 5.69 Å². The smallest absolute Gasteiger partial charge is 0.351 e. The molecular formula is C13H9BrN4O4. The maximum absolute atomic E-state index is 12.4. The van der Waals surface area contributed by atoms with E-state index in [4.69, 9.17) is 5.11 Å². The van der Waals surface area contributed by atoms with Gasteiger partial charge in [-0.2, -0.15) is 0 Å². The molecule has 22 heavy (non-hydrogen) atoms. The molecule has 0 atom stereocenters. The standard InChI is InChI=1S/C13H9BrN4O4/c14-8-1-3-9(4-2-8)16-5-6-17-11(12(16)21)15-18(13(17)22)7-10(19)20/h1-6H,7H2,(H,19,20). The number of fused-ring (bicyclic) bond motifs is 1. The highest BCUT2D eigenvalue weighted by Crippen LogP contribution is 2.12. The Kier molecular flexibility index (Phi) is 3.41. The number of carbonyl (C=O) groups is 1. The van der Waals surface area contributed by atoms with E-state index < -0.39 is 23.8 Å². The van der Waals surface area contributed by atoms with Gasteiger partial charge in [0.1, 0.15) is 6.54 Å². The molecule has 0 aliphatic rings. The molecule has 2 aromatic heterocycles. The summed E-state index contributed by atoms with van der Waals surface area (Å²) in [6.45, 7) is -0.599. The van der Waals surface area contributed by atoms with Gasteiger partial charge in [-0.25, -0.2) is 13.9 Å². The van der Waals surface area contributed by atoms with Gasteiger partial charge >= 0.3 is 17.2 Å². The number of carboxylic acid groups (broad SMARTS) is 1. The third kappa shape index (κ3) is 2.35. The molecule has 0 bridgehead atoms. The topological polar surface area (TPSA) is 98.6 Å². The number of benzene rings is 1. The molecule has 0 radical (unpaired) electrons. The lowest BCUT2D eigenvalue weighted by atomic mass is 10.3. The average Bonchev–Trinajstić information content (AvgIpc) is 2.78. The molecule has 0 unspecified atom stereocenters. The molecule has 2 heterocycles. The lowest BCUT2D eigenvalue weighted by molar-refractivity contribution is -0.137. The molecule has 0 saturated carbocycles. The van der Waals surface area contributed by atoms with Crippen LogP contribution in [0.2, 0.25) is 0 Å². The largest absolute Gasteiger partial charge is 0.480 e. The van der Waals surface area contributed by atoms with Crippen molar-refractivity contribution in [2.24, 2.45) is 0 Å². The summed E-state index contributed by atoms with van der Waals surface area (Å²) >= 11 is 3.31. The second-order valence-electron chi connectivity index (χ2n) is 4.48. The fourth-order valence-corrected chi connectivity index (χ4v) is 2.31. The molecule has 0 saturated heterocycles. The van der Waals surface area contributed by atoms with Crippen molar-refractivity contribution in [3.05, 3.63) is 62.0 Å².